The van der Waals surface area contributed by atoms with Crippen LogP contribution in [-0.2, 0) is 6.54 Å². The molecule has 0 aliphatic carbocycles. The lowest BCUT2D eigenvalue weighted by Crippen LogP contribution is -2.19. The van der Waals surface area contributed by atoms with Crippen molar-refractivity contribution in [3.05, 3.63) is 65.0 Å². The zero-order chi connectivity index (χ0) is 14.1. The molecule has 4 nitrogen and oxygen atoms in total. The number of imide groups is 1. The number of nitrogens with one attached hydrogen (secondary N) is 2. The predicted octanol–water partition coefficient (Wildman–Crippen LogP) is 2.32. The molecule has 0 bridgehead atoms. The molecule has 0 saturated heterocycles. The smallest absolute Gasteiger partial charge is 0.259 e. The van der Waals surface area contributed by atoms with Crippen LogP contribution < -0.4 is 10.6 Å². The van der Waals surface area contributed by atoms with Gasteiger partial charge in [-0.05, 0) is 24.3 Å². The molecule has 0 atom stereocenters. The first-order chi connectivity index (χ1) is 9.65. The summed E-state index contributed by atoms with van der Waals surface area (Å²) >= 11 is 0. The van der Waals surface area contributed by atoms with E-state index >= 15 is 0 Å². The van der Waals surface area contributed by atoms with E-state index < -0.39 is 5.91 Å². The Kier molecular flexibility index (Phi) is 2.95. The van der Waals surface area contributed by atoms with Gasteiger partial charge >= 0.3 is 0 Å². The van der Waals surface area contributed by atoms with Crippen molar-refractivity contribution in [1.29, 1.82) is 0 Å². The molecule has 100 valence electrons. The topological polar surface area (TPSA) is 58.2 Å². The molecular formula is C15H11FN2O2. The van der Waals surface area contributed by atoms with E-state index in [9.17, 15) is 14.0 Å². The molecule has 5 heteroatoms. The predicted molar refractivity (Wildman–Crippen MR) is 72.0 cm³/mol. The average Bonchev–Trinajstić information content (AvgIpc) is 2.73. The van der Waals surface area contributed by atoms with Gasteiger partial charge < -0.3 is 5.32 Å². The average molecular weight is 270 g/mol. The standard InChI is InChI=1S/C15H11FN2O2/c16-13-4-2-1-3-9(13)8-17-10-5-6-11-12(7-10)15(20)18-14(11)19/h1-7,17H,8H2,(H,18,19,20). The van der Waals surface area contributed by atoms with Gasteiger partial charge in [-0.25, -0.2) is 4.39 Å². The Morgan fingerprint density at radius 1 is 1.00 bits per heavy atom. The van der Waals surface area contributed by atoms with Crippen molar-refractivity contribution in [1.82, 2.24) is 5.32 Å². The number of amides is 2. The molecule has 2 N–H and O–H groups in total. The molecule has 0 spiro atoms. The fourth-order valence-electron chi connectivity index (χ4n) is 2.12. The van der Waals surface area contributed by atoms with Crippen LogP contribution in [0.2, 0.25) is 0 Å². The normalized spacial score (nSPS) is 13.1. The zero-order valence-electron chi connectivity index (χ0n) is 10.4. The van der Waals surface area contributed by atoms with Gasteiger partial charge in [0.15, 0.2) is 0 Å². The van der Waals surface area contributed by atoms with Crippen LogP contribution in [0.25, 0.3) is 0 Å². The van der Waals surface area contributed by atoms with Crippen LogP contribution in [0.15, 0.2) is 42.5 Å². The van der Waals surface area contributed by atoms with Gasteiger partial charge in [0.1, 0.15) is 5.82 Å². The van der Waals surface area contributed by atoms with Gasteiger partial charge in [-0.3, -0.25) is 14.9 Å². The Hall–Kier alpha value is -2.69. The highest BCUT2D eigenvalue weighted by atomic mass is 19.1. The van der Waals surface area contributed by atoms with Crippen LogP contribution in [0.1, 0.15) is 26.3 Å². The van der Waals surface area contributed by atoms with E-state index in [1.54, 1.807) is 36.4 Å². The number of hydrogen-bond donors (Lipinski definition) is 2. The highest BCUT2D eigenvalue weighted by Gasteiger charge is 2.26. The van der Waals surface area contributed by atoms with E-state index in [0.717, 1.165) is 0 Å². The molecule has 1 aliphatic heterocycles. The molecule has 0 unspecified atom stereocenters. The van der Waals surface area contributed by atoms with Crippen LogP contribution in [0.3, 0.4) is 0 Å². The highest BCUT2D eigenvalue weighted by Crippen LogP contribution is 2.21. The van der Waals surface area contributed by atoms with Crippen molar-refractivity contribution in [2.75, 3.05) is 5.32 Å². The molecule has 1 aliphatic rings. The number of halogens is 1. The van der Waals surface area contributed by atoms with Crippen LogP contribution >= 0.6 is 0 Å². The van der Waals surface area contributed by atoms with Crippen molar-refractivity contribution in [2.45, 2.75) is 6.54 Å². The summed E-state index contributed by atoms with van der Waals surface area (Å²) < 4.78 is 13.5. The molecule has 3 rings (SSSR count). The lowest BCUT2D eigenvalue weighted by Gasteiger charge is -2.08. The second-order valence-electron chi connectivity index (χ2n) is 4.49. The maximum absolute atomic E-state index is 13.5. The third kappa shape index (κ3) is 2.14. The van der Waals surface area contributed by atoms with Gasteiger partial charge in [0.05, 0.1) is 11.1 Å². The molecule has 20 heavy (non-hydrogen) atoms. The van der Waals surface area contributed by atoms with Gasteiger partial charge in [-0.15, -0.1) is 0 Å². The van der Waals surface area contributed by atoms with Gasteiger partial charge in [0.25, 0.3) is 11.8 Å². The number of carbonyl (C=O) groups excluding carboxylic acids is 2. The molecule has 2 aromatic rings. The largest absolute Gasteiger partial charge is 0.381 e. The minimum atomic E-state index is -0.403. The van der Waals surface area contributed by atoms with Crippen molar-refractivity contribution >= 4 is 17.5 Å². The fraction of sp³-hybridized carbons (Fsp3) is 0.0667. The third-order valence-electron chi connectivity index (χ3n) is 3.18. The molecule has 0 aromatic heterocycles. The SMILES string of the molecule is O=C1NC(=O)c2cc(NCc3ccccc3F)ccc21. The van der Waals surface area contributed by atoms with E-state index in [1.807, 2.05) is 0 Å². The summed E-state index contributed by atoms with van der Waals surface area (Å²) in [5.74, 6) is -1.07. The number of benzene rings is 2. The molecule has 0 fully saturated rings. The Morgan fingerprint density at radius 2 is 1.75 bits per heavy atom. The minimum absolute atomic E-state index is 0.283. The van der Waals surface area contributed by atoms with Crippen LogP contribution in [0, 0.1) is 5.82 Å². The van der Waals surface area contributed by atoms with Crippen LogP contribution in [0.5, 0.6) is 0 Å². The molecule has 0 radical (unpaired) electrons. The van der Waals surface area contributed by atoms with Crippen molar-refractivity contribution in [3.63, 3.8) is 0 Å². The first-order valence-corrected chi connectivity index (χ1v) is 6.12. The number of carbonyl (C=O) groups is 2. The van der Waals surface area contributed by atoms with Gasteiger partial charge in [0, 0.05) is 17.8 Å². The van der Waals surface area contributed by atoms with Crippen molar-refractivity contribution < 1.29 is 14.0 Å². The maximum Gasteiger partial charge on any atom is 0.259 e. The number of rotatable bonds is 3. The summed E-state index contributed by atoms with van der Waals surface area (Å²) in [5.41, 5.74) is 1.91. The molecule has 2 amide bonds. The van der Waals surface area contributed by atoms with Crippen LogP contribution in [0.4, 0.5) is 10.1 Å². The van der Waals surface area contributed by atoms with Crippen LogP contribution in [-0.4, -0.2) is 11.8 Å². The Balaban J connectivity index is 1.80. The van der Waals surface area contributed by atoms with E-state index in [-0.39, 0.29) is 11.7 Å². The third-order valence-corrected chi connectivity index (χ3v) is 3.18. The van der Waals surface area contributed by atoms with E-state index in [4.69, 9.17) is 0 Å². The molecular weight excluding hydrogens is 259 g/mol. The maximum atomic E-state index is 13.5. The van der Waals surface area contributed by atoms with E-state index in [0.29, 0.717) is 28.9 Å². The zero-order valence-corrected chi connectivity index (χ0v) is 10.4. The lowest BCUT2D eigenvalue weighted by atomic mass is 10.1. The van der Waals surface area contributed by atoms with E-state index in [2.05, 4.69) is 10.6 Å². The van der Waals surface area contributed by atoms with E-state index in [1.165, 1.54) is 6.07 Å². The monoisotopic (exact) mass is 270 g/mol. The number of fused-ring (bicyclic) bond motifs is 1. The first kappa shape index (κ1) is 12.3. The van der Waals surface area contributed by atoms with Crippen molar-refractivity contribution in [2.24, 2.45) is 0 Å². The van der Waals surface area contributed by atoms with Gasteiger partial charge in [-0.2, -0.15) is 0 Å². The van der Waals surface area contributed by atoms with Gasteiger partial charge in [-0.1, -0.05) is 18.2 Å². The molecule has 0 saturated carbocycles. The quantitative estimate of drug-likeness (QED) is 0.841. The summed E-state index contributed by atoms with van der Waals surface area (Å²) in [7, 11) is 0. The van der Waals surface area contributed by atoms with Crippen molar-refractivity contribution in [3.8, 4) is 0 Å². The lowest BCUT2D eigenvalue weighted by molar-refractivity contribution is 0.0879. The fourth-order valence-corrected chi connectivity index (χ4v) is 2.12. The minimum Gasteiger partial charge on any atom is -0.381 e. The molecule has 2 aromatic carbocycles. The summed E-state index contributed by atoms with van der Waals surface area (Å²) in [6.45, 7) is 0.307. The number of hydrogen-bond acceptors (Lipinski definition) is 3. The Labute approximate surface area is 114 Å². The second-order valence-corrected chi connectivity index (χ2v) is 4.49. The Morgan fingerprint density at radius 3 is 2.55 bits per heavy atom. The summed E-state index contributed by atoms with van der Waals surface area (Å²) in [6.07, 6.45) is 0. The summed E-state index contributed by atoms with van der Waals surface area (Å²) in [5, 5.41) is 5.26. The molecule has 1 heterocycles. The second kappa shape index (κ2) is 4.77. The summed E-state index contributed by atoms with van der Waals surface area (Å²) in [6, 6.07) is 11.3. The Bertz CT molecular complexity index is 713. The summed E-state index contributed by atoms with van der Waals surface area (Å²) in [4.78, 5) is 22.9. The highest BCUT2D eigenvalue weighted by molar-refractivity contribution is 6.21. The first-order valence-electron chi connectivity index (χ1n) is 6.12. The van der Waals surface area contributed by atoms with Gasteiger partial charge in [0.2, 0.25) is 0 Å². The number of anilines is 1.